The number of fused-ring (bicyclic) bond motifs is 1. The first-order chi connectivity index (χ1) is 14.9. The molecule has 31 heavy (non-hydrogen) atoms. The first-order valence-corrected chi connectivity index (χ1v) is 12.7. The minimum Gasteiger partial charge on any atom is -0.273 e. The van der Waals surface area contributed by atoms with E-state index in [1.54, 1.807) is 4.31 Å². The number of piperidine rings is 1. The Labute approximate surface area is 186 Å². The molecule has 0 aliphatic carbocycles. The molecule has 1 aliphatic heterocycles. The number of sulfonamides is 1. The van der Waals surface area contributed by atoms with Gasteiger partial charge in [-0.25, -0.2) is 13.4 Å². The number of rotatable bonds is 6. The molecule has 9 heteroatoms. The third-order valence-corrected chi connectivity index (χ3v) is 8.57. The van der Waals surface area contributed by atoms with Crippen LogP contribution in [0.3, 0.4) is 0 Å². The third-order valence-electron chi connectivity index (χ3n) is 5.67. The summed E-state index contributed by atoms with van der Waals surface area (Å²) >= 11 is 1.45. The molecule has 2 N–H and O–H groups in total. The molecule has 0 unspecified atom stereocenters. The molecule has 1 saturated heterocycles. The first-order valence-electron chi connectivity index (χ1n) is 10.4. The number of aromatic nitrogens is 1. The Morgan fingerprint density at radius 3 is 2.68 bits per heavy atom. The number of anilines is 1. The molecule has 4 rings (SSSR count). The smallest absolute Gasteiger partial charge is 0.269 e. The molecule has 0 radical (unpaired) electrons. The van der Waals surface area contributed by atoms with E-state index >= 15 is 0 Å². The summed E-state index contributed by atoms with van der Waals surface area (Å²) in [5.41, 5.74) is 7.83. The maximum absolute atomic E-state index is 13.1. The highest BCUT2D eigenvalue weighted by Gasteiger charge is 2.32. The molecule has 2 aromatic carbocycles. The molecule has 3 aromatic rings. The zero-order valence-corrected chi connectivity index (χ0v) is 19.2. The fraction of sp³-hybridized carbons (Fsp3) is 0.364. The second-order valence-corrected chi connectivity index (χ2v) is 10.6. The highest BCUT2D eigenvalue weighted by atomic mass is 32.2. The van der Waals surface area contributed by atoms with Gasteiger partial charge in [-0.2, -0.15) is 4.31 Å². The van der Waals surface area contributed by atoms with E-state index in [2.05, 4.69) is 15.8 Å². The van der Waals surface area contributed by atoms with Crippen LogP contribution in [0.15, 0.2) is 47.4 Å². The minimum absolute atomic E-state index is 0.0448. The number of thiazole rings is 1. The van der Waals surface area contributed by atoms with Crippen molar-refractivity contribution in [2.75, 3.05) is 12.0 Å². The number of amides is 1. The van der Waals surface area contributed by atoms with Gasteiger partial charge in [0.1, 0.15) is 0 Å². The SMILES string of the molecule is CC[C@@H]1CCCCN1S(=O)(=O)c1ccc(C(=O)NNc2nc3c(C)cccc3s2)cc1. The van der Waals surface area contributed by atoms with Crippen molar-refractivity contribution in [2.24, 2.45) is 0 Å². The zero-order valence-electron chi connectivity index (χ0n) is 17.6. The topological polar surface area (TPSA) is 91.4 Å². The number of nitrogens with one attached hydrogen (secondary N) is 2. The quantitative estimate of drug-likeness (QED) is 0.537. The van der Waals surface area contributed by atoms with Crippen molar-refractivity contribution in [2.45, 2.75) is 50.5 Å². The van der Waals surface area contributed by atoms with Gasteiger partial charge in [0.2, 0.25) is 15.2 Å². The van der Waals surface area contributed by atoms with Crippen LogP contribution in [0.2, 0.25) is 0 Å². The summed E-state index contributed by atoms with van der Waals surface area (Å²) in [7, 11) is -3.56. The maximum atomic E-state index is 13.1. The molecule has 0 spiro atoms. The molecule has 0 bridgehead atoms. The van der Waals surface area contributed by atoms with E-state index in [1.807, 2.05) is 32.0 Å². The Morgan fingerprint density at radius 2 is 1.97 bits per heavy atom. The van der Waals surface area contributed by atoms with E-state index < -0.39 is 10.0 Å². The van der Waals surface area contributed by atoms with E-state index in [9.17, 15) is 13.2 Å². The first kappa shape index (κ1) is 21.7. The molecule has 1 aromatic heterocycles. The molecular weight excluding hydrogens is 432 g/mol. The summed E-state index contributed by atoms with van der Waals surface area (Å²) in [6.45, 7) is 4.56. The van der Waals surface area contributed by atoms with Crippen molar-refractivity contribution < 1.29 is 13.2 Å². The van der Waals surface area contributed by atoms with Gasteiger partial charge in [0.25, 0.3) is 5.91 Å². The van der Waals surface area contributed by atoms with Crippen molar-refractivity contribution in [3.63, 3.8) is 0 Å². The Balaban J connectivity index is 1.44. The monoisotopic (exact) mass is 458 g/mol. The van der Waals surface area contributed by atoms with Crippen LogP contribution >= 0.6 is 11.3 Å². The van der Waals surface area contributed by atoms with Crippen LogP contribution in [0.5, 0.6) is 0 Å². The average molecular weight is 459 g/mol. The van der Waals surface area contributed by atoms with E-state index in [0.717, 1.165) is 41.5 Å². The Kier molecular flexibility index (Phi) is 6.27. The van der Waals surface area contributed by atoms with Crippen molar-refractivity contribution in [1.29, 1.82) is 0 Å². The van der Waals surface area contributed by atoms with Gasteiger partial charge in [-0.15, -0.1) is 0 Å². The molecule has 7 nitrogen and oxygen atoms in total. The fourth-order valence-electron chi connectivity index (χ4n) is 3.93. The van der Waals surface area contributed by atoms with Gasteiger partial charge in [0, 0.05) is 18.2 Å². The summed E-state index contributed by atoms with van der Waals surface area (Å²) in [5, 5.41) is 0.590. The lowest BCUT2D eigenvalue weighted by atomic mass is 10.0. The predicted octanol–water partition coefficient (Wildman–Crippen LogP) is 4.31. The Hall–Kier alpha value is -2.49. The highest BCUT2D eigenvalue weighted by molar-refractivity contribution is 7.89. The number of benzene rings is 2. The molecule has 1 aliphatic rings. The molecular formula is C22H26N4O3S2. The predicted molar refractivity (Wildman–Crippen MR) is 124 cm³/mol. The highest BCUT2D eigenvalue weighted by Crippen LogP contribution is 2.28. The lowest BCUT2D eigenvalue weighted by Gasteiger charge is -2.34. The van der Waals surface area contributed by atoms with Crippen molar-refractivity contribution in [1.82, 2.24) is 14.7 Å². The molecule has 2 heterocycles. The number of hydrogen-bond acceptors (Lipinski definition) is 6. The molecule has 1 amide bonds. The van der Waals surface area contributed by atoms with Crippen LogP contribution in [0.1, 0.15) is 48.5 Å². The average Bonchev–Trinajstić information content (AvgIpc) is 3.22. The molecule has 1 fully saturated rings. The number of nitrogens with zero attached hydrogens (tertiary/aromatic N) is 2. The van der Waals surface area contributed by atoms with Gasteiger partial charge in [0.15, 0.2) is 0 Å². The summed E-state index contributed by atoms with van der Waals surface area (Å²) in [5.74, 6) is -0.357. The van der Waals surface area contributed by atoms with Crippen molar-refractivity contribution in [3.05, 3.63) is 53.6 Å². The molecule has 164 valence electrons. The lowest BCUT2D eigenvalue weighted by Crippen LogP contribution is -2.43. The minimum atomic E-state index is -3.56. The number of aryl methyl sites for hydroxylation is 1. The van der Waals surface area contributed by atoms with Crippen LogP contribution in [0.25, 0.3) is 10.2 Å². The number of hydrogen-bond donors (Lipinski definition) is 2. The lowest BCUT2D eigenvalue weighted by molar-refractivity contribution is 0.0962. The van der Waals surface area contributed by atoms with Gasteiger partial charge in [-0.3, -0.25) is 15.6 Å². The normalized spacial score (nSPS) is 17.5. The second kappa shape index (κ2) is 8.94. The van der Waals surface area contributed by atoms with Gasteiger partial charge < -0.3 is 0 Å². The fourth-order valence-corrected chi connectivity index (χ4v) is 6.60. The largest absolute Gasteiger partial charge is 0.273 e. The number of carbonyl (C=O) groups is 1. The van der Waals surface area contributed by atoms with Gasteiger partial charge in [-0.1, -0.05) is 36.8 Å². The maximum Gasteiger partial charge on any atom is 0.269 e. The second-order valence-electron chi connectivity index (χ2n) is 7.72. The number of hydrazine groups is 1. The number of carbonyl (C=O) groups excluding carboxylic acids is 1. The summed E-state index contributed by atoms with van der Waals surface area (Å²) < 4.78 is 28.8. The van der Waals surface area contributed by atoms with Crippen LogP contribution < -0.4 is 10.9 Å². The summed E-state index contributed by atoms with van der Waals surface area (Å²) in [6, 6.07) is 12.1. The van der Waals surface area contributed by atoms with E-state index in [4.69, 9.17) is 0 Å². The van der Waals surface area contributed by atoms with E-state index in [-0.39, 0.29) is 16.8 Å². The van der Waals surface area contributed by atoms with Crippen molar-refractivity contribution >= 4 is 42.6 Å². The molecule has 1 atom stereocenters. The zero-order chi connectivity index (χ0) is 22.0. The number of para-hydroxylation sites is 1. The van der Waals surface area contributed by atoms with Crippen LogP contribution in [0, 0.1) is 6.92 Å². The van der Waals surface area contributed by atoms with E-state index in [0.29, 0.717) is 17.2 Å². The van der Waals surface area contributed by atoms with Crippen LogP contribution in [0.4, 0.5) is 5.13 Å². The van der Waals surface area contributed by atoms with Gasteiger partial charge in [0.05, 0.1) is 15.1 Å². The van der Waals surface area contributed by atoms with Crippen LogP contribution in [-0.4, -0.2) is 36.2 Å². The van der Waals surface area contributed by atoms with Gasteiger partial charge in [-0.05, 0) is 62.1 Å². The Bertz CT molecular complexity index is 1190. The van der Waals surface area contributed by atoms with Gasteiger partial charge >= 0.3 is 0 Å². The Morgan fingerprint density at radius 1 is 1.19 bits per heavy atom. The van der Waals surface area contributed by atoms with Crippen LogP contribution in [-0.2, 0) is 10.0 Å². The molecule has 0 saturated carbocycles. The summed E-state index contributed by atoms with van der Waals surface area (Å²) in [4.78, 5) is 17.2. The standard InChI is InChI=1S/C22H26N4O3S2/c1-3-17-8-4-5-14-26(17)31(28,29)18-12-10-16(11-13-18)21(27)24-25-22-23-20-15(2)7-6-9-19(20)30-22/h6-7,9-13,17H,3-5,8,14H2,1-2H3,(H,23,25)(H,24,27)/t17-/m1/s1. The van der Waals surface area contributed by atoms with Crippen molar-refractivity contribution in [3.8, 4) is 0 Å². The summed E-state index contributed by atoms with van der Waals surface area (Å²) in [6.07, 6.45) is 3.64. The van der Waals surface area contributed by atoms with E-state index in [1.165, 1.54) is 35.6 Å². The third kappa shape index (κ3) is 4.44.